The van der Waals surface area contributed by atoms with Gasteiger partial charge in [-0.1, -0.05) is 11.3 Å². The predicted molar refractivity (Wildman–Crippen MR) is 84.1 cm³/mol. The molecule has 1 heterocycles. The molecular weight excluding hydrogens is 290 g/mol. The van der Waals surface area contributed by atoms with E-state index in [2.05, 4.69) is 5.32 Å². The van der Waals surface area contributed by atoms with Crippen LogP contribution in [0.2, 0.25) is 0 Å². The summed E-state index contributed by atoms with van der Waals surface area (Å²) in [5.74, 6) is 0.213. The second-order valence-electron chi connectivity index (χ2n) is 4.60. The number of aryl methyl sites for hydroxylation is 1. The zero-order valence-corrected chi connectivity index (χ0v) is 12.9. The number of carbonyl (C=O) groups excluding carboxylic acids is 1. The van der Waals surface area contributed by atoms with Gasteiger partial charge < -0.3 is 15.8 Å². The lowest BCUT2D eigenvalue weighted by molar-refractivity contribution is -0.116. The van der Waals surface area contributed by atoms with Crippen LogP contribution in [0.25, 0.3) is 0 Å². The highest BCUT2D eigenvalue weighted by Crippen LogP contribution is 2.26. The van der Waals surface area contributed by atoms with Crippen LogP contribution in [0, 0.1) is 13.8 Å². The number of anilines is 2. The first kappa shape index (κ1) is 15.1. The quantitative estimate of drug-likeness (QED) is 0.843. The monoisotopic (exact) mass is 307 g/mol. The largest absolute Gasteiger partial charge is 0.495 e. The van der Waals surface area contributed by atoms with Gasteiger partial charge in [0.2, 0.25) is 5.91 Å². The molecule has 0 fully saturated rings. The Bertz CT molecular complexity index is 734. The molecule has 1 aromatic heterocycles. The third-order valence-electron chi connectivity index (χ3n) is 3.17. The van der Waals surface area contributed by atoms with Gasteiger partial charge in [0.05, 0.1) is 12.8 Å². The SMILES string of the molecule is COc1ccc(N)cc1NC(=O)Cn1c(C)c(C)sc1=O. The number of ether oxygens (including phenoxy) is 1. The first-order valence-corrected chi connectivity index (χ1v) is 7.14. The first-order valence-electron chi connectivity index (χ1n) is 6.32. The van der Waals surface area contributed by atoms with Crippen molar-refractivity contribution in [2.75, 3.05) is 18.2 Å². The van der Waals surface area contributed by atoms with Gasteiger partial charge in [0.15, 0.2) is 0 Å². The number of hydrogen-bond acceptors (Lipinski definition) is 5. The molecule has 0 radical (unpaired) electrons. The summed E-state index contributed by atoms with van der Waals surface area (Å²) in [4.78, 5) is 24.7. The van der Waals surface area contributed by atoms with Crippen molar-refractivity contribution in [1.29, 1.82) is 0 Å². The molecule has 6 nitrogen and oxygen atoms in total. The highest BCUT2D eigenvalue weighted by Gasteiger charge is 2.13. The van der Waals surface area contributed by atoms with Crippen LogP contribution < -0.4 is 20.7 Å². The molecule has 0 aliphatic heterocycles. The van der Waals surface area contributed by atoms with Gasteiger partial charge in [-0.3, -0.25) is 14.2 Å². The number of carbonyl (C=O) groups is 1. The minimum Gasteiger partial charge on any atom is -0.495 e. The average molecular weight is 307 g/mol. The van der Waals surface area contributed by atoms with E-state index in [9.17, 15) is 9.59 Å². The van der Waals surface area contributed by atoms with Crippen molar-refractivity contribution in [3.05, 3.63) is 38.4 Å². The van der Waals surface area contributed by atoms with Gasteiger partial charge >= 0.3 is 4.87 Å². The van der Waals surface area contributed by atoms with Crippen molar-refractivity contribution in [1.82, 2.24) is 4.57 Å². The number of nitrogen functional groups attached to an aromatic ring is 1. The number of hydrogen-bond donors (Lipinski definition) is 2. The normalized spacial score (nSPS) is 10.4. The Hall–Kier alpha value is -2.28. The Balaban J connectivity index is 2.19. The molecule has 0 unspecified atom stereocenters. The van der Waals surface area contributed by atoms with E-state index in [1.54, 1.807) is 18.2 Å². The van der Waals surface area contributed by atoms with Crippen molar-refractivity contribution in [2.45, 2.75) is 20.4 Å². The van der Waals surface area contributed by atoms with Gasteiger partial charge in [0.1, 0.15) is 12.3 Å². The maximum atomic E-state index is 12.1. The van der Waals surface area contributed by atoms with Crippen molar-refractivity contribution in [3.8, 4) is 5.75 Å². The second-order valence-corrected chi connectivity index (χ2v) is 5.77. The van der Waals surface area contributed by atoms with Gasteiger partial charge in [-0.25, -0.2) is 0 Å². The molecule has 0 atom stereocenters. The number of rotatable bonds is 4. The fourth-order valence-corrected chi connectivity index (χ4v) is 2.76. The number of nitrogens with one attached hydrogen (secondary N) is 1. The first-order chi connectivity index (χ1) is 9.92. The Morgan fingerprint density at radius 2 is 2.14 bits per heavy atom. The number of methoxy groups -OCH3 is 1. The molecule has 1 aromatic carbocycles. The molecule has 0 saturated carbocycles. The summed E-state index contributed by atoms with van der Waals surface area (Å²) >= 11 is 1.14. The number of nitrogens with two attached hydrogens (primary N) is 1. The standard InChI is InChI=1S/C14H17N3O3S/c1-8-9(2)21-14(19)17(8)7-13(18)16-11-6-10(15)4-5-12(11)20-3/h4-6H,7,15H2,1-3H3,(H,16,18). The van der Waals surface area contributed by atoms with E-state index in [-0.39, 0.29) is 17.3 Å². The number of benzene rings is 1. The number of amides is 1. The number of thiazole rings is 1. The van der Waals surface area contributed by atoms with Crippen molar-refractivity contribution in [2.24, 2.45) is 0 Å². The Morgan fingerprint density at radius 3 is 2.71 bits per heavy atom. The highest BCUT2D eigenvalue weighted by atomic mass is 32.1. The molecule has 112 valence electrons. The van der Waals surface area contributed by atoms with E-state index >= 15 is 0 Å². The van der Waals surface area contributed by atoms with Crippen LogP contribution in [0.1, 0.15) is 10.6 Å². The third-order valence-corrected chi connectivity index (χ3v) is 4.17. The fourth-order valence-electron chi connectivity index (χ4n) is 1.93. The lowest BCUT2D eigenvalue weighted by atomic mass is 10.2. The Labute approximate surface area is 126 Å². The maximum absolute atomic E-state index is 12.1. The zero-order valence-electron chi connectivity index (χ0n) is 12.1. The van der Waals surface area contributed by atoms with Gasteiger partial charge in [-0.2, -0.15) is 0 Å². The Kier molecular flexibility index (Phi) is 4.32. The predicted octanol–water partition coefficient (Wildman–Crippen LogP) is 1.76. The average Bonchev–Trinajstić information content (AvgIpc) is 2.66. The summed E-state index contributed by atoms with van der Waals surface area (Å²) in [6.45, 7) is 3.64. The second kappa shape index (κ2) is 6.01. The lowest BCUT2D eigenvalue weighted by Crippen LogP contribution is -2.25. The highest BCUT2D eigenvalue weighted by molar-refractivity contribution is 7.09. The molecule has 0 spiro atoms. The minimum absolute atomic E-state index is 0.0348. The summed E-state index contributed by atoms with van der Waals surface area (Å²) in [5, 5.41) is 2.72. The third kappa shape index (κ3) is 3.25. The minimum atomic E-state index is -0.304. The molecule has 1 amide bonds. The molecule has 0 aliphatic rings. The smallest absolute Gasteiger partial charge is 0.308 e. The summed E-state index contributed by atoms with van der Waals surface area (Å²) < 4.78 is 6.62. The van der Waals surface area contributed by atoms with Crippen LogP contribution in [-0.2, 0) is 11.3 Å². The van der Waals surface area contributed by atoms with E-state index in [0.29, 0.717) is 17.1 Å². The molecular formula is C14H17N3O3S. The number of aromatic nitrogens is 1. The summed E-state index contributed by atoms with van der Waals surface area (Å²) in [7, 11) is 1.51. The molecule has 0 aliphatic carbocycles. The Morgan fingerprint density at radius 1 is 1.43 bits per heavy atom. The lowest BCUT2D eigenvalue weighted by Gasteiger charge is -2.11. The van der Waals surface area contributed by atoms with Gasteiger partial charge in [0.25, 0.3) is 0 Å². The number of nitrogens with zero attached hydrogens (tertiary/aromatic N) is 1. The van der Waals surface area contributed by atoms with Crippen LogP contribution >= 0.6 is 11.3 Å². The van der Waals surface area contributed by atoms with Crippen LogP contribution in [0.15, 0.2) is 23.0 Å². The van der Waals surface area contributed by atoms with Crippen molar-refractivity contribution in [3.63, 3.8) is 0 Å². The molecule has 2 rings (SSSR count). The van der Waals surface area contributed by atoms with Gasteiger partial charge in [-0.05, 0) is 32.0 Å². The van der Waals surface area contributed by atoms with Crippen LogP contribution in [0.5, 0.6) is 5.75 Å². The van der Waals surface area contributed by atoms with E-state index in [4.69, 9.17) is 10.5 Å². The molecule has 3 N–H and O–H groups in total. The molecule has 0 bridgehead atoms. The zero-order chi connectivity index (χ0) is 15.6. The summed E-state index contributed by atoms with van der Waals surface area (Å²) in [5.41, 5.74) is 7.51. The van der Waals surface area contributed by atoms with Gasteiger partial charge in [0, 0.05) is 16.3 Å². The van der Waals surface area contributed by atoms with E-state index in [1.165, 1.54) is 11.7 Å². The molecule has 2 aromatic rings. The van der Waals surface area contributed by atoms with E-state index in [1.807, 2.05) is 13.8 Å². The van der Waals surface area contributed by atoms with Crippen LogP contribution in [-0.4, -0.2) is 17.6 Å². The molecule has 7 heteroatoms. The molecule has 21 heavy (non-hydrogen) atoms. The van der Waals surface area contributed by atoms with Gasteiger partial charge in [-0.15, -0.1) is 0 Å². The van der Waals surface area contributed by atoms with Crippen molar-refractivity contribution < 1.29 is 9.53 Å². The maximum Gasteiger partial charge on any atom is 0.308 e. The fraction of sp³-hybridized carbons (Fsp3) is 0.286. The summed E-state index contributed by atoms with van der Waals surface area (Å²) in [6.07, 6.45) is 0. The van der Waals surface area contributed by atoms with E-state index < -0.39 is 0 Å². The topological polar surface area (TPSA) is 86.3 Å². The van der Waals surface area contributed by atoms with Crippen LogP contribution in [0.4, 0.5) is 11.4 Å². The summed E-state index contributed by atoms with van der Waals surface area (Å²) in [6, 6.07) is 4.98. The van der Waals surface area contributed by atoms with Crippen LogP contribution in [0.3, 0.4) is 0 Å². The van der Waals surface area contributed by atoms with E-state index in [0.717, 1.165) is 21.9 Å². The van der Waals surface area contributed by atoms with Crippen molar-refractivity contribution >= 4 is 28.6 Å². The molecule has 0 saturated heterocycles.